The lowest BCUT2D eigenvalue weighted by Crippen LogP contribution is -1.87. The van der Waals surface area contributed by atoms with Crippen LogP contribution >= 0.6 is 0 Å². The van der Waals surface area contributed by atoms with Crippen LogP contribution in [0.15, 0.2) is 24.3 Å². The van der Waals surface area contributed by atoms with E-state index >= 15 is 0 Å². The maximum Gasteiger partial charge on any atom is -0.0190 e. The maximum absolute atomic E-state index is 3.96. The van der Waals surface area contributed by atoms with Crippen LogP contribution in [0.5, 0.6) is 0 Å². The van der Waals surface area contributed by atoms with Gasteiger partial charge in [0.05, 0.1) is 0 Å². The van der Waals surface area contributed by atoms with E-state index in [1.54, 1.807) is 0 Å². The van der Waals surface area contributed by atoms with Crippen molar-refractivity contribution in [3.63, 3.8) is 0 Å². The lowest BCUT2D eigenvalue weighted by molar-refractivity contribution is 0.960. The Hall–Kier alpha value is -0.780. The summed E-state index contributed by atoms with van der Waals surface area (Å²) >= 11 is 0. The van der Waals surface area contributed by atoms with Gasteiger partial charge in [0.1, 0.15) is 0 Å². The van der Waals surface area contributed by atoms with E-state index in [1.165, 1.54) is 11.1 Å². The molecule has 0 amide bonds. The van der Waals surface area contributed by atoms with Crippen molar-refractivity contribution in [2.24, 2.45) is 0 Å². The first-order valence-corrected chi connectivity index (χ1v) is 4.16. The van der Waals surface area contributed by atoms with Gasteiger partial charge in [-0.3, -0.25) is 0 Å². The number of aryl methyl sites for hydroxylation is 1. The summed E-state index contributed by atoms with van der Waals surface area (Å²) in [5.74, 6) is 0.404. The second kappa shape index (κ2) is 3.56. The molecule has 1 atom stereocenters. The molecule has 0 saturated heterocycles. The van der Waals surface area contributed by atoms with Gasteiger partial charge < -0.3 is 0 Å². The molecule has 0 fully saturated rings. The van der Waals surface area contributed by atoms with E-state index in [0.717, 1.165) is 6.42 Å². The minimum Gasteiger partial charge on any atom is -0.0613 e. The summed E-state index contributed by atoms with van der Waals surface area (Å²) in [6, 6.07) is 8.68. The zero-order chi connectivity index (χ0) is 8.27. The van der Waals surface area contributed by atoms with Crippen LogP contribution in [-0.4, -0.2) is 0 Å². The van der Waals surface area contributed by atoms with Gasteiger partial charge in [-0.15, -0.1) is 0 Å². The van der Waals surface area contributed by atoms with Crippen LogP contribution in [0.4, 0.5) is 0 Å². The molecule has 1 unspecified atom stereocenters. The summed E-state index contributed by atoms with van der Waals surface area (Å²) < 4.78 is 0. The summed E-state index contributed by atoms with van der Waals surface area (Å²) in [7, 11) is 0. The Labute approximate surface area is 69.3 Å². The minimum atomic E-state index is 0.404. The highest BCUT2D eigenvalue weighted by Crippen LogP contribution is 2.14. The molecule has 1 aromatic carbocycles. The van der Waals surface area contributed by atoms with Gasteiger partial charge in [-0.05, 0) is 30.4 Å². The van der Waals surface area contributed by atoms with Crippen LogP contribution < -0.4 is 0 Å². The van der Waals surface area contributed by atoms with Crippen molar-refractivity contribution in [3.05, 3.63) is 42.3 Å². The number of rotatable bonds is 2. The van der Waals surface area contributed by atoms with Gasteiger partial charge in [-0.1, -0.05) is 38.1 Å². The Morgan fingerprint density at radius 3 is 2.18 bits per heavy atom. The second-order valence-corrected chi connectivity index (χ2v) is 3.00. The first-order chi connectivity index (χ1) is 5.24. The fraction of sp³-hybridized carbons (Fsp3) is 0.364. The molecule has 1 rings (SSSR count). The molecule has 11 heavy (non-hydrogen) atoms. The predicted molar refractivity (Wildman–Crippen MR) is 49.6 cm³/mol. The molecule has 0 saturated carbocycles. The second-order valence-electron chi connectivity index (χ2n) is 3.00. The van der Waals surface area contributed by atoms with Crippen molar-refractivity contribution in [3.8, 4) is 0 Å². The Balaban J connectivity index is 2.83. The van der Waals surface area contributed by atoms with Crippen LogP contribution in [0.2, 0.25) is 0 Å². The highest BCUT2D eigenvalue weighted by molar-refractivity contribution is 5.25. The molecule has 0 aromatic heterocycles. The summed E-state index contributed by atoms with van der Waals surface area (Å²) in [6.45, 7) is 8.25. The molecule has 1 radical (unpaired) electrons. The highest BCUT2D eigenvalue weighted by atomic mass is 14.0. The topological polar surface area (TPSA) is 0 Å². The summed E-state index contributed by atoms with van der Waals surface area (Å²) in [5, 5.41) is 0. The van der Waals surface area contributed by atoms with Gasteiger partial charge in [0, 0.05) is 0 Å². The Bertz CT molecular complexity index is 206. The van der Waals surface area contributed by atoms with Gasteiger partial charge in [0.2, 0.25) is 0 Å². The first-order valence-electron chi connectivity index (χ1n) is 4.16. The summed E-state index contributed by atoms with van der Waals surface area (Å²) in [5.41, 5.74) is 2.72. The summed E-state index contributed by atoms with van der Waals surface area (Å²) in [4.78, 5) is 0. The molecule has 0 heterocycles. The van der Waals surface area contributed by atoms with Gasteiger partial charge in [0.15, 0.2) is 0 Å². The average Bonchev–Trinajstić information content (AvgIpc) is 2.05. The third kappa shape index (κ3) is 2.07. The fourth-order valence-corrected chi connectivity index (χ4v) is 1.08. The van der Waals surface area contributed by atoms with Crippen molar-refractivity contribution in [2.75, 3.05) is 0 Å². The molecule has 0 heteroatoms. The molecule has 0 aliphatic carbocycles. The largest absolute Gasteiger partial charge is 0.0613 e. The third-order valence-corrected chi connectivity index (χ3v) is 1.96. The molecule has 0 spiro atoms. The first kappa shape index (κ1) is 8.32. The predicted octanol–water partition coefficient (Wildman–Crippen LogP) is 3.19. The molecular formula is C11H15. The van der Waals surface area contributed by atoms with E-state index in [9.17, 15) is 0 Å². The van der Waals surface area contributed by atoms with E-state index in [-0.39, 0.29) is 0 Å². The van der Waals surface area contributed by atoms with Crippen LogP contribution in [0.1, 0.15) is 30.9 Å². The quantitative estimate of drug-likeness (QED) is 0.602. The van der Waals surface area contributed by atoms with Crippen molar-refractivity contribution >= 4 is 0 Å². The Kier molecular flexibility index (Phi) is 2.70. The third-order valence-electron chi connectivity index (χ3n) is 1.96. The monoisotopic (exact) mass is 147 g/mol. The number of hydrogen-bond donors (Lipinski definition) is 0. The molecule has 0 aliphatic heterocycles. The SMILES string of the molecule is [CH2]C(C)c1ccc(CC)cc1. The van der Waals surface area contributed by atoms with Crippen LogP contribution in [0.3, 0.4) is 0 Å². The summed E-state index contributed by atoms with van der Waals surface area (Å²) in [6.07, 6.45) is 1.12. The Morgan fingerprint density at radius 2 is 1.82 bits per heavy atom. The van der Waals surface area contributed by atoms with Gasteiger partial charge in [-0.25, -0.2) is 0 Å². The van der Waals surface area contributed by atoms with E-state index < -0.39 is 0 Å². The van der Waals surface area contributed by atoms with E-state index in [4.69, 9.17) is 0 Å². The van der Waals surface area contributed by atoms with Crippen molar-refractivity contribution < 1.29 is 0 Å². The molecule has 0 nitrogen and oxygen atoms in total. The number of benzene rings is 1. The van der Waals surface area contributed by atoms with Gasteiger partial charge in [-0.2, -0.15) is 0 Å². The average molecular weight is 147 g/mol. The zero-order valence-corrected chi connectivity index (χ0v) is 7.30. The lowest BCUT2D eigenvalue weighted by atomic mass is 10.0. The zero-order valence-electron chi connectivity index (χ0n) is 7.30. The Morgan fingerprint density at radius 1 is 1.27 bits per heavy atom. The normalized spacial score (nSPS) is 10.5. The molecule has 59 valence electrons. The van der Waals surface area contributed by atoms with Crippen molar-refractivity contribution in [2.45, 2.75) is 26.2 Å². The molecule has 1 aromatic rings. The smallest absolute Gasteiger partial charge is 0.0190 e. The van der Waals surface area contributed by atoms with E-state index in [1.807, 2.05) is 0 Å². The fourth-order valence-electron chi connectivity index (χ4n) is 1.08. The lowest BCUT2D eigenvalue weighted by Gasteiger charge is -2.04. The number of hydrogen-bond acceptors (Lipinski definition) is 0. The van der Waals surface area contributed by atoms with E-state index in [2.05, 4.69) is 45.0 Å². The van der Waals surface area contributed by atoms with Gasteiger partial charge >= 0.3 is 0 Å². The van der Waals surface area contributed by atoms with Crippen molar-refractivity contribution in [1.82, 2.24) is 0 Å². The van der Waals surface area contributed by atoms with Crippen LogP contribution in [0, 0.1) is 6.92 Å². The minimum absolute atomic E-state index is 0.404. The maximum atomic E-state index is 3.96. The van der Waals surface area contributed by atoms with Crippen molar-refractivity contribution in [1.29, 1.82) is 0 Å². The molecule has 0 bridgehead atoms. The molecular weight excluding hydrogens is 132 g/mol. The standard InChI is InChI=1S/C11H15/c1-4-10-5-7-11(8-6-10)9(2)3/h5-9H,2,4H2,1,3H3. The van der Waals surface area contributed by atoms with Gasteiger partial charge in [0.25, 0.3) is 0 Å². The van der Waals surface area contributed by atoms with Crippen LogP contribution in [0.25, 0.3) is 0 Å². The molecule has 0 aliphatic rings. The highest BCUT2D eigenvalue weighted by Gasteiger charge is 1.96. The van der Waals surface area contributed by atoms with Crippen LogP contribution in [-0.2, 0) is 6.42 Å². The molecule has 0 N–H and O–H groups in total. The van der Waals surface area contributed by atoms with E-state index in [0.29, 0.717) is 5.92 Å².